The summed E-state index contributed by atoms with van der Waals surface area (Å²) in [5, 5.41) is 2.88. The van der Waals surface area contributed by atoms with E-state index in [1.807, 2.05) is 0 Å². The van der Waals surface area contributed by atoms with Crippen molar-refractivity contribution in [3.05, 3.63) is 59.5 Å². The number of amides is 1. The third-order valence-electron chi connectivity index (χ3n) is 3.58. The van der Waals surface area contributed by atoms with Crippen LogP contribution >= 0.6 is 0 Å². The third kappa shape index (κ3) is 2.11. The Hall–Kier alpha value is -2.43. The number of nitrogens with two attached hydrogens (primary N) is 1. The molecule has 0 aliphatic heterocycles. The monoisotopic (exact) mass is 271 g/mol. The van der Waals surface area contributed by atoms with Gasteiger partial charge in [0.2, 0.25) is 0 Å². The topological polar surface area (TPSA) is 68.0 Å². The predicted octanol–water partition coefficient (Wildman–Crippen LogP) is 2.22. The number of halogens is 1. The summed E-state index contributed by atoms with van der Waals surface area (Å²) in [7, 11) is 0. The third-order valence-corrected chi connectivity index (χ3v) is 3.58. The van der Waals surface area contributed by atoms with Gasteiger partial charge in [0.1, 0.15) is 11.6 Å². The maximum atomic E-state index is 13.9. The molecule has 3 N–H and O–H groups in total. The van der Waals surface area contributed by atoms with Crippen LogP contribution in [-0.2, 0) is 5.54 Å². The van der Waals surface area contributed by atoms with Crippen LogP contribution in [-0.4, -0.2) is 10.9 Å². The van der Waals surface area contributed by atoms with Crippen molar-refractivity contribution in [2.75, 3.05) is 5.73 Å². The average Bonchev–Trinajstić information content (AvgIpc) is 3.20. The molecule has 1 aliphatic rings. The number of nitrogens with one attached hydrogen (secondary N) is 1. The first-order valence-corrected chi connectivity index (χ1v) is 6.40. The smallest absolute Gasteiger partial charge is 0.255 e. The van der Waals surface area contributed by atoms with Gasteiger partial charge in [0.25, 0.3) is 5.91 Å². The van der Waals surface area contributed by atoms with Crippen LogP contribution in [0.1, 0.15) is 28.8 Å². The first-order chi connectivity index (χ1) is 9.62. The van der Waals surface area contributed by atoms with E-state index in [-0.39, 0.29) is 17.5 Å². The molecule has 0 unspecified atom stereocenters. The summed E-state index contributed by atoms with van der Waals surface area (Å²) in [5.74, 6) is -0.449. The van der Waals surface area contributed by atoms with Crippen molar-refractivity contribution in [3.63, 3.8) is 0 Å². The fraction of sp³-hybridized carbons (Fsp3) is 0.200. The zero-order valence-electron chi connectivity index (χ0n) is 10.8. The number of nitrogens with zero attached hydrogens (tertiary/aromatic N) is 1. The van der Waals surface area contributed by atoms with E-state index in [0.29, 0.717) is 11.1 Å². The van der Waals surface area contributed by atoms with Crippen LogP contribution in [0, 0.1) is 5.82 Å². The van der Waals surface area contributed by atoms with Gasteiger partial charge in [-0.05, 0) is 31.0 Å². The molecule has 0 bridgehead atoms. The Bertz CT molecular complexity index is 668. The molecule has 2 aromatic rings. The van der Waals surface area contributed by atoms with Crippen molar-refractivity contribution in [3.8, 4) is 0 Å². The van der Waals surface area contributed by atoms with E-state index in [4.69, 9.17) is 5.73 Å². The molecule has 1 heterocycles. The van der Waals surface area contributed by atoms with Gasteiger partial charge in [0.05, 0.1) is 11.1 Å². The van der Waals surface area contributed by atoms with E-state index in [9.17, 15) is 9.18 Å². The zero-order valence-corrected chi connectivity index (χ0v) is 10.8. The van der Waals surface area contributed by atoms with Crippen LogP contribution < -0.4 is 11.1 Å². The Morgan fingerprint density at radius 3 is 2.65 bits per heavy atom. The highest BCUT2D eigenvalue weighted by Gasteiger charge is 2.47. The highest BCUT2D eigenvalue weighted by molar-refractivity contribution is 5.98. The minimum atomic E-state index is -0.606. The summed E-state index contributed by atoms with van der Waals surface area (Å²) in [5.41, 5.74) is 5.92. The van der Waals surface area contributed by atoms with Gasteiger partial charge < -0.3 is 11.1 Å². The van der Waals surface area contributed by atoms with E-state index < -0.39 is 5.54 Å². The Labute approximate surface area is 115 Å². The highest BCUT2D eigenvalue weighted by atomic mass is 19.1. The lowest BCUT2D eigenvalue weighted by atomic mass is 10.0. The van der Waals surface area contributed by atoms with E-state index in [0.717, 1.165) is 12.8 Å². The second-order valence-electron chi connectivity index (χ2n) is 4.95. The lowest BCUT2D eigenvalue weighted by Gasteiger charge is -2.19. The number of carbonyl (C=O) groups is 1. The van der Waals surface area contributed by atoms with Crippen LogP contribution in [0.2, 0.25) is 0 Å². The summed E-state index contributed by atoms with van der Waals surface area (Å²) in [6, 6.07) is 9.76. The SMILES string of the molecule is Nc1ncccc1C(=O)NC1(c2ccccc2F)CC1. The second kappa shape index (κ2) is 4.59. The first kappa shape index (κ1) is 12.6. The van der Waals surface area contributed by atoms with Crippen molar-refractivity contribution in [2.24, 2.45) is 0 Å². The van der Waals surface area contributed by atoms with Gasteiger partial charge in [0, 0.05) is 11.8 Å². The summed E-state index contributed by atoms with van der Waals surface area (Å²) in [4.78, 5) is 16.1. The molecule has 3 rings (SSSR count). The molecule has 1 saturated carbocycles. The molecule has 102 valence electrons. The number of pyridine rings is 1. The lowest BCUT2D eigenvalue weighted by molar-refractivity contribution is 0.0930. The van der Waals surface area contributed by atoms with Crippen LogP contribution in [0.5, 0.6) is 0 Å². The van der Waals surface area contributed by atoms with E-state index in [1.165, 1.54) is 12.3 Å². The zero-order chi connectivity index (χ0) is 14.2. The largest absolute Gasteiger partial charge is 0.383 e. The van der Waals surface area contributed by atoms with E-state index in [1.54, 1.807) is 30.3 Å². The maximum Gasteiger partial charge on any atom is 0.255 e. The number of anilines is 1. The molecule has 1 aliphatic carbocycles. The van der Waals surface area contributed by atoms with E-state index >= 15 is 0 Å². The molecule has 0 atom stereocenters. The normalized spacial score (nSPS) is 15.7. The van der Waals surface area contributed by atoms with Crippen LogP contribution in [0.25, 0.3) is 0 Å². The summed E-state index contributed by atoms with van der Waals surface area (Å²) in [6.45, 7) is 0. The molecule has 0 radical (unpaired) electrons. The Morgan fingerprint density at radius 2 is 2.00 bits per heavy atom. The Balaban J connectivity index is 1.87. The molecule has 20 heavy (non-hydrogen) atoms. The first-order valence-electron chi connectivity index (χ1n) is 6.40. The molecule has 1 amide bonds. The molecular weight excluding hydrogens is 257 g/mol. The van der Waals surface area contributed by atoms with Crippen LogP contribution in [0.4, 0.5) is 10.2 Å². The average molecular weight is 271 g/mol. The minimum Gasteiger partial charge on any atom is -0.383 e. The number of hydrogen-bond donors (Lipinski definition) is 2. The number of nitrogen functional groups attached to an aromatic ring is 1. The summed E-state index contributed by atoms with van der Waals surface area (Å²) >= 11 is 0. The van der Waals surface area contributed by atoms with Gasteiger partial charge in [-0.15, -0.1) is 0 Å². The number of carbonyl (C=O) groups excluding carboxylic acids is 1. The van der Waals surface area contributed by atoms with Gasteiger partial charge in [0.15, 0.2) is 0 Å². The van der Waals surface area contributed by atoms with Gasteiger partial charge in [-0.3, -0.25) is 4.79 Å². The fourth-order valence-corrected chi connectivity index (χ4v) is 2.33. The van der Waals surface area contributed by atoms with Gasteiger partial charge in [-0.1, -0.05) is 18.2 Å². The molecule has 5 heteroatoms. The maximum absolute atomic E-state index is 13.9. The molecule has 1 fully saturated rings. The molecule has 0 spiro atoms. The number of aromatic nitrogens is 1. The van der Waals surface area contributed by atoms with Crippen LogP contribution in [0.15, 0.2) is 42.6 Å². The summed E-state index contributed by atoms with van der Waals surface area (Å²) < 4.78 is 13.9. The molecule has 1 aromatic heterocycles. The molecule has 0 saturated heterocycles. The highest BCUT2D eigenvalue weighted by Crippen LogP contribution is 2.46. The van der Waals surface area contributed by atoms with Crippen LogP contribution in [0.3, 0.4) is 0 Å². The minimum absolute atomic E-state index is 0.175. The van der Waals surface area contributed by atoms with Crippen molar-refractivity contribution in [2.45, 2.75) is 18.4 Å². The quantitative estimate of drug-likeness (QED) is 0.899. The van der Waals surface area contributed by atoms with Crippen molar-refractivity contribution < 1.29 is 9.18 Å². The fourth-order valence-electron chi connectivity index (χ4n) is 2.33. The van der Waals surface area contributed by atoms with Crippen molar-refractivity contribution in [1.82, 2.24) is 10.3 Å². The van der Waals surface area contributed by atoms with Gasteiger partial charge in [-0.25, -0.2) is 9.37 Å². The van der Waals surface area contributed by atoms with Gasteiger partial charge in [-0.2, -0.15) is 0 Å². The Morgan fingerprint density at radius 1 is 1.25 bits per heavy atom. The predicted molar refractivity (Wildman–Crippen MR) is 73.4 cm³/mol. The van der Waals surface area contributed by atoms with Gasteiger partial charge >= 0.3 is 0 Å². The number of rotatable bonds is 3. The number of benzene rings is 1. The van der Waals surface area contributed by atoms with Crippen molar-refractivity contribution >= 4 is 11.7 Å². The summed E-state index contributed by atoms with van der Waals surface area (Å²) in [6.07, 6.45) is 2.97. The molecule has 4 nitrogen and oxygen atoms in total. The van der Waals surface area contributed by atoms with Crippen molar-refractivity contribution in [1.29, 1.82) is 0 Å². The van der Waals surface area contributed by atoms with E-state index in [2.05, 4.69) is 10.3 Å². The number of hydrogen-bond acceptors (Lipinski definition) is 3. The molecular formula is C15H14FN3O. The molecule has 1 aromatic carbocycles. The lowest BCUT2D eigenvalue weighted by Crippen LogP contribution is -2.36. The Kier molecular flexibility index (Phi) is 2.89. The second-order valence-corrected chi connectivity index (χ2v) is 4.95. The standard InChI is InChI=1S/C15H14FN3O/c16-12-6-2-1-5-11(12)15(7-8-15)19-14(20)10-4-3-9-18-13(10)17/h1-6,9H,7-8H2,(H2,17,18)(H,19,20).